The number of halogens is 1. The fourth-order valence-corrected chi connectivity index (χ4v) is 1.35. The molecule has 1 unspecified atom stereocenters. The summed E-state index contributed by atoms with van der Waals surface area (Å²) in [5, 5.41) is 17.6. The highest BCUT2D eigenvalue weighted by molar-refractivity contribution is 9.10. The van der Waals surface area contributed by atoms with Crippen molar-refractivity contribution >= 4 is 15.9 Å². The highest BCUT2D eigenvalue weighted by Gasteiger charge is 2.06. The van der Waals surface area contributed by atoms with Crippen molar-refractivity contribution < 1.29 is 14.9 Å². The molecule has 1 atom stereocenters. The lowest BCUT2D eigenvalue weighted by Crippen LogP contribution is -2.21. The van der Waals surface area contributed by atoms with Crippen molar-refractivity contribution in [2.75, 3.05) is 13.2 Å². The average molecular weight is 262 g/mol. The van der Waals surface area contributed by atoms with Gasteiger partial charge in [0, 0.05) is 16.2 Å². The monoisotopic (exact) mass is 261 g/mol. The van der Waals surface area contributed by atoms with Gasteiger partial charge in [0.2, 0.25) is 5.88 Å². The normalized spacial score (nSPS) is 12.6. The maximum absolute atomic E-state index is 9.05. The molecule has 1 aromatic heterocycles. The Kier molecular flexibility index (Phi) is 4.31. The van der Waals surface area contributed by atoms with Gasteiger partial charge in [-0.05, 0) is 28.9 Å². The van der Waals surface area contributed by atoms with E-state index in [1.807, 2.05) is 13.0 Å². The molecular formula is C9H12BrNO3. The minimum Gasteiger partial charge on any atom is -0.475 e. The zero-order chi connectivity index (χ0) is 10.6. The van der Waals surface area contributed by atoms with Crippen molar-refractivity contribution in [2.24, 2.45) is 0 Å². The van der Waals surface area contributed by atoms with E-state index >= 15 is 0 Å². The van der Waals surface area contributed by atoms with Crippen LogP contribution in [0.2, 0.25) is 0 Å². The molecule has 0 spiro atoms. The minimum absolute atomic E-state index is 0.0476. The van der Waals surface area contributed by atoms with Gasteiger partial charge in [-0.25, -0.2) is 4.98 Å². The summed E-state index contributed by atoms with van der Waals surface area (Å²) in [6, 6.07) is 1.87. The SMILES string of the molecule is Cc1cc(Br)cnc1OCC(O)CO. The first-order chi connectivity index (χ1) is 6.63. The fourth-order valence-electron chi connectivity index (χ4n) is 0.907. The van der Waals surface area contributed by atoms with E-state index in [4.69, 9.17) is 14.9 Å². The number of hydrogen-bond acceptors (Lipinski definition) is 4. The fraction of sp³-hybridized carbons (Fsp3) is 0.444. The van der Waals surface area contributed by atoms with Crippen LogP contribution < -0.4 is 4.74 Å². The van der Waals surface area contributed by atoms with Gasteiger partial charge in [0.1, 0.15) is 12.7 Å². The van der Waals surface area contributed by atoms with Crippen molar-refractivity contribution in [3.8, 4) is 5.88 Å². The summed E-state index contributed by atoms with van der Waals surface area (Å²) in [5.74, 6) is 0.473. The first-order valence-electron chi connectivity index (χ1n) is 4.17. The first-order valence-corrected chi connectivity index (χ1v) is 4.96. The Bertz CT molecular complexity index is 306. The summed E-state index contributed by atoms with van der Waals surface area (Å²) < 4.78 is 6.08. The second kappa shape index (κ2) is 5.29. The maximum atomic E-state index is 9.05. The molecule has 0 aliphatic heterocycles. The summed E-state index contributed by atoms with van der Waals surface area (Å²) in [6.45, 7) is 1.60. The molecule has 5 heteroatoms. The smallest absolute Gasteiger partial charge is 0.216 e. The van der Waals surface area contributed by atoms with E-state index < -0.39 is 6.10 Å². The van der Waals surface area contributed by atoms with Gasteiger partial charge in [-0.15, -0.1) is 0 Å². The van der Waals surface area contributed by atoms with Gasteiger partial charge in [-0.2, -0.15) is 0 Å². The number of rotatable bonds is 4. The van der Waals surface area contributed by atoms with Crippen LogP contribution in [0.5, 0.6) is 5.88 Å². The number of aromatic nitrogens is 1. The van der Waals surface area contributed by atoms with E-state index in [0.717, 1.165) is 10.0 Å². The van der Waals surface area contributed by atoms with E-state index in [0.29, 0.717) is 5.88 Å². The third kappa shape index (κ3) is 3.25. The predicted octanol–water partition coefficient (Wildman–Crippen LogP) is 0.885. The van der Waals surface area contributed by atoms with Crippen LogP contribution in [-0.2, 0) is 0 Å². The molecule has 1 heterocycles. The van der Waals surface area contributed by atoms with Crippen LogP contribution in [0, 0.1) is 6.92 Å². The van der Waals surface area contributed by atoms with Crippen molar-refractivity contribution in [1.82, 2.24) is 4.98 Å². The molecule has 2 N–H and O–H groups in total. The van der Waals surface area contributed by atoms with Crippen LogP contribution in [0.15, 0.2) is 16.7 Å². The van der Waals surface area contributed by atoms with E-state index in [2.05, 4.69) is 20.9 Å². The van der Waals surface area contributed by atoms with Crippen LogP contribution in [-0.4, -0.2) is 34.5 Å². The number of nitrogens with zero attached hydrogens (tertiary/aromatic N) is 1. The maximum Gasteiger partial charge on any atom is 0.216 e. The molecule has 0 aliphatic carbocycles. The Labute approximate surface area is 90.7 Å². The zero-order valence-corrected chi connectivity index (χ0v) is 9.36. The Morgan fingerprint density at radius 2 is 2.36 bits per heavy atom. The molecule has 0 amide bonds. The van der Waals surface area contributed by atoms with Gasteiger partial charge in [-0.3, -0.25) is 0 Å². The van der Waals surface area contributed by atoms with E-state index in [1.165, 1.54) is 0 Å². The van der Waals surface area contributed by atoms with Crippen molar-refractivity contribution in [3.05, 3.63) is 22.3 Å². The molecule has 1 rings (SSSR count). The van der Waals surface area contributed by atoms with Crippen LogP contribution >= 0.6 is 15.9 Å². The van der Waals surface area contributed by atoms with E-state index in [9.17, 15) is 0 Å². The summed E-state index contributed by atoms with van der Waals surface area (Å²) >= 11 is 3.28. The standard InChI is InChI=1S/C9H12BrNO3/c1-6-2-7(10)3-11-9(6)14-5-8(13)4-12/h2-3,8,12-13H,4-5H2,1H3. The number of aliphatic hydroxyl groups excluding tert-OH is 2. The number of ether oxygens (including phenoxy) is 1. The number of hydrogen-bond donors (Lipinski definition) is 2. The summed E-state index contributed by atoms with van der Waals surface area (Å²) in [4.78, 5) is 4.02. The topological polar surface area (TPSA) is 62.6 Å². The molecule has 0 saturated heterocycles. The lowest BCUT2D eigenvalue weighted by Gasteiger charge is -2.10. The number of aliphatic hydroxyl groups is 2. The molecule has 4 nitrogen and oxygen atoms in total. The predicted molar refractivity (Wildman–Crippen MR) is 55.3 cm³/mol. The molecule has 1 aromatic rings. The Hall–Kier alpha value is -0.650. The summed E-state index contributed by atoms with van der Waals surface area (Å²) in [5.41, 5.74) is 0.879. The first kappa shape index (κ1) is 11.4. The average Bonchev–Trinajstić information content (AvgIpc) is 2.16. The Morgan fingerprint density at radius 1 is 1.64 bits per heavy atom. The van der Waals surface area contributed by atoms with Crippen LogP contribution in [0.3, 0.4) is 0 Å². The van der Waals surface area contributed by atoms with E-state index in [-0.39, 0.29) is 13.2 Å². The highest BCUT2D eigenvalue weighted by atomic mass is 79.9. The molecule has 0 saturated carbocycles. The molecule has 0 radical (unpaired) electrons. The second-order valence-electron chi connectivity index (χ2n) is 2.92. The van der Waals surface area contributed by atoms with Crippen molar-refractivity contribution in [1.29, 1.82) is 0 Å². The lowest BCUT2D eigenvalue weighted by atomic mass is 10.3. The van der Waals surface area contributed by atoms with Gasteiger partial charge < -0.3 is 14.9 Å². The molecule has 0 aromatic carbocycles. The molecule has 0 aliphatic rings. The molecule has 0 fully saturated rings. The largest absolute Gasteiger partial charge is 0.475 e. The Balaban J connectivity index is 2.59. The van der Waals surface area contributed by atoms with Crippen LogP contribution in [0.4, 0.5) is 0 Å². The molecule has 78 valence electrons. The van der Waals surface area contributed by atoms with Gasteiger partial charge in [0.05, 0.1) is 6.61 Å². The number of pyridine rings is 1. The van der Waals surface area contributed by atoms with E-state index in [1.54, 1.807) is 6.20 Å². The minimum atomic E-state index is -0.861. The van der Waals surface area contributed by atoms with Gasteiger partial charge in [-0.1, -0.05) is 0 Å². The summed E-state index contributed by atoms with van der Waals surface area (Å²) in [7, 11) is 0. The third-order valence-corrected chi connectivity index (χ3v) is 2.05. The van der Waals surface area contributed by atoms with Crippen molar-refractivity contribution in [3.63, 3.8) is 0 Å². The second-order valence-corrected chi connectivity index (χ2v) is 3.84. The van der Waals surface area contributed by atoms with Gasteiger partial charge in [0.25, 0.3) is 0 Å². The van der Waals surface area contributed by atoms with Crippen LogP contribution in [0.25, 0.3) is 0 Å². The molecule has 0 bridgehead atoms. The number of aryl methyl sites for hydroxylation is 1. The van der Waals surface area contributed by atoms with Crippen molar-refractivity contribution in [2.45, 2.75) is 13.0 Å². The summed E-state index contributed by atoms with van der Waals surface area (Å²) in [6.07, 6.45) is 0.757. The Morgan fingerprint density at radius 3 is 2.93 bits per heavy atom. The zero-order valence-electron chi connectivity index (χ0n) is 7.77. The van der Waals surface area contributed by atoms with Crippen LogP contribution in [0.1, 0.15) is 5.56 Å². The van der Waals surface area contributed by atoms with Gasteiger partial charge in [0.15, 0.2) is 0 Å². The van der Waals surface area contributed by atoms with Gasteiger partial charge >= 0.3 is 0 Å². The third-order valence-electron chi connectivity index (χ3n) is 1.62. The highest BCUT2D eigenvalue weighted by Crippen LogP contribution is 2.18. The lowest BCUT2D eigenvalue weighted by molar-refractivity contribution is 0.0518. The molecular weight excluding hydrogens is 250 g/mol. The quantitative estimate of drug-likeness (QED) is 0.845. The molecule has 14 heavy (non-hydrogen) atoms.